The second-order valence-electron chi connectivity index (χ2n) is 2.41. The fourth-order valence-corrected chi connectivity index (χ4v) is 1.01. The van der Waals surface area contributed by atoms with Crippen LogP contribution in [0.3, 0.4) is 0 Å². The van der Waals surface area contributed by atoms with Gasteiger partial charge in [0.1, 0.15) is 0 Å². The van der Waals surface area contributed by atoms with Crippen molar-refractivity contribution in [3.63, 3.8) is 0 Å². The fourth-order valence-electron chi connectivity index (χ4n) is 1.01. The molecule has 0 saturated carbocycles. The first-order chi connectivity index (χ1) is 3.79. The molecule has 1 fully saturated rings. The van der Waals surface area contributed by atoms with Crippen LogP contribution in [0.5, 0.6) is 0 Å². The molecule has 2 nitrogen and oxygen atoms in total. The highest BCUT2D eigenvalue weighted by atomic mass is 14.9. The van der Waals surface area contributed by atoms with Gasteiger partial charge in [0, 0.05) is 24.7 Å². The van der Waals surface area contributed by atoms with Gasteiger partial charge >= 0.3 is 0 Å². The Morgan fingerprint density at radius 1 is 1.75 bits per heavy atom. The van der Waals surface area contributed by atoms with E-state index in [0.29, 0.717) is 6.04 Å². The Hall–Kier alpha value is -0.370. The van der Waals surface area contributed by atoms with E-state index in [9.17, 15) is 0 Å². The second kappa shape index (κ2) is 2.27. The van der Waals surface area contributed by atoms with Crippen LogP contribution in [0.1, 0.15) is 19.8 Å². The molecule has 1 unspecified atom stereocenters. The molecule has 1 aliphatic heterocycles. The molecule has 0 radical (unpaired) electrons. The zero-order valence-electron chi connectivity index (χ0n) is 5.20. The zero-order chi connectivity index (χ0) is 5.98. The van der Waals surface area contributed by atoms with Crippen LogP contribution in [-0.2, 0) is 0 Å². The molecule has 0 aromatic carbocycles. The van der Waals surface area contributed by atoms with Gasteiger partial charge in [0.05, 0.1) is 0 Å². The average molecular weight is 112 g/mol. The molecule has 1 atom stereocenters. The van der Waals surface area contributed by atoms with Crippen molar-refractivity contribution in [2.45, 2.75) is 25.8 Å². The van der Waals surface area contributed by atoms with E-state index in [2.05, 4.69) is 12.2 Å². The monoisotopic (exact) mass is 112 g/mol. The van der Waals surface area contributed by atoms with Crippen molar-refractivity contribution in [3.05, 3.63) is 0 Å². The topological polar surface area (TPSA) is 35.9 Å². The third-order valence-electron chi connectivity index (χ3n) is 1.47. The lowest BCUT2D eigenvalue weighted by atomic mass is 10.1. The molecule has 0 spiro atoms. The first kappa shape index (κ1) is 5.76. The van der Waals surface area contributed by atoms with Gasteiger partial charge in [-0.2, -0.15) is 0 Å². The molecule has 0 aromatic rings. The van der Waals surface area contributed by atoms with E-state index in [1.54, 1.807) is 0 Å². The van der Waals surface area contributed by atoms with Crippen LogP contribution < -0.4 is 5.32 Å². The van der Waals surface area contributed by atoms with E-state index in [0.717, 1.165) is 25.1 Å². The summed E-state index contributed by atoms with van der Waals surface area (Å²) in [4.78, 5) is 0. The first-order valence-corrected chi connectivity index (χ1v) is 3.08. The Morgan fingerprint density at radius 3 is 2.88 bits per heavy atom. The fraction of sp³-hybridized carbons (Fsp3) is 0.833. The van der Waals surface area contributed by atoms with E-state index in [1.807, 2.05) is 0 Å². The van der Waals surface area contributed by atoms with Crippen LogP contribution in [0, 0.1) is 5.41 Å². The molecule has 1 rings (SSSR count). The number of hydrogen-bond donors (Lipinski definition) is 2. The molecule has 1 saturated heterocycles. The molecule has 46 valence electrons. The van der Waals surface area contributed by atoms with Crippen molar-refractivity contribution >= 4 is 5.71 Å². The molecule has 2 N–H and O–H groups in total. The van der Waals surface area contributed by atoms with E-state index in [1.165, 1.54) is 0 Å². The smallest absolute Gasteiger partial charge is 0.0117 e. The molecular weight excluding hydrogens is 100 g/mol. The minimum Gasteiger partial charge on any atom is -0.314 e. The van der Waals surface area contributed by atoms with Gasteiger partial charge in [-0.1, -0.05) is 0 Å². The van der Waals surface area contributed by atoms with Crippen LogP contribution in [0.2, 0.25) is 0 Å². The standard InChI is InChI=1S/C6H12N2/c1-5-4-6(7)2-3-8-5/h5,7-8H,2-4H2,1H3. The molecule has 1 aliphatic rings. The molecule has 1 heterocycles. The van der Waals surface area contributed by atoms with Gasteiger partial charge < -0.3 is 10.7 Å². The third-order valence-corrected chi connectivity index (χ3v) is 1.47. The lowest BCUT2D eigenvalue weighted by molar-refractivity contribution is 0.539. The van der Waals surface area contributed by atoms with Crippen LogP contribution in [-0.4, -0.2) is 18.3 Å². The third kappa shape index (κ3) is 1.30. The van der Waals surface area contributed by atoms with E-state index in [-0.39, 0.29) is 0 Å². The van der Waals surface area contributed by atoms with Gasteiger partial charge in [-0.15, -0.1) is 0 Å². The SMILES string of the molecule is CC1CC(=N)CCN1. The minimum absolute atomic E-state index is 0.538. The van der Waals surface area contributed by atoms with Gasteiger partial charge in [-0.05, 0) is 13.3 Å². The highest BCUT2D eigenvalue weighted by molar-refractivity contribution is 5.82. The zero-order valence-corrected chi connectivity index (χ0v) is 5.20. The van der Waals surface area contributed by atoms with Gasteiger partial charge in [-0.25, -0.2) is 0 Å². The molecule has 2 heteroatoms. The lowest BCUT2D eigenvalue weighted by Gasteiger charge is -2.19. The maximum absolute atomic E-state index is 7.28. The highest BCUT2D eigenvalue weighted by Gasteiger charge is 2.09. The van der Waals surface area contributed by atoms with E-state index in [4.69, 9.17) is 5.41 Å². The molecule has 0 aliphatic carbocycles. The molecule has 0 amide bonds. The Morgan fingerprint density at radius 2 is 2.50 bits per heavy atom. The number of piperidine rings is 1. The summed E-state index contributed by atoms with van der Waals surface area (Å²) in [7, 11) is 0. The van der Waals surface area contributed by atoms with Gasteiger partial charge in [0.15, 0.2) is 0 Å². The summed E-state index contributed by atoms with van der Waals surface area (Å²) in [5.41, 5.74) is 0.899. The lowest BCUT2D eigenvalue weighted by Crippen LogP contribution is -2.35. The van der Waals surface area contributed by atoms with Gasteiger partial charge in [-0.3, -0.25) is 0 Å². The summed E-state index contributed by atoms with van der Waals surface area (Å²) >= 11 is 0. The maximum Gasteiger partial charge on any atom is 0.0117 e. The molecular formula is C6H12N2. The molecule has 0 bridgehead atoms. The summed E-state index contributed by atoms with van der Waals surface area (Å²) in [6.45, 7) is 3.12. The normalized spacial score (nSPS) is 30.6. The summed E-state index contributed by atoms with van der Waals surface area (Å²) in [6, 6.07) is 0.538. The summed E-state index contributed by atoms with van der Waals surface area (Å²) in [5, 5.41) is 10.6. The number of nitrogens with one attached hydrogen (secondary N) is 2. The quantitative estimate of drug-likeness (QED) is 0.477. The largest absolute Gasteiger partial charge is 0.314 e. The van der Waals surface area contributed by atoms with Crippen molar-refractivity contribution in [1.29, 1.82) is 5.41 Å². The van der Waals surface area contributed by atoms with Crippen molar-refractivity contribution in [1.82, 2.24) is 5.32 Å². The van der Waals surface area contributed by atoms with Gasteiger partial charge in [0.25, 0.3) is 0 Å². The second-order valence-corrected chi connectivity index (χ2v) is 2.41. The van der Waals surface area contributed by atoms with Crippen LogP contribution in [0.4, 0.5) is 0 Å². The first-order valence-electron chi connectivity index (χ1n) is 3.08. The van der Waals surface area contributed by atoms with Crippen molar-refractivity contribution in [2.75, 3.05) is 6.54 Å². The Balaban J connectivity index is 2.34. The summed E-state index contributed by atoms with van der Waals surface area (Å²) in [5.74, 6) is 0. The molecule has 0 aromatic heterocycles. The predicted molar refractivity (Wildman–Crippen MR) is 34.4 cm³/mol. The average Bonchev–Trinajstić information content (AvgIpc) is 1.64. The number of rotatable bonds is 0. The predicted octanol–water partition coefficient (Wildman–Crippen LogP) is 0.778. The number of hydrogen-bond acceptors (Lipinski definition) is 2. The highest BCUT2D eigenvalue weighted by Crippen LogP contribution is 2.01. The Labute approximate surface area is 49.8 Å². The van der Waals surface area contributed by atoms with Crippen LogP contribution >= 0.6 is 0 Å². The Bertz CT molecular complexity index is 98.7. The van der Waals surface area contributed by atoms with Crippen LogP contribution in [0.25, 0.3) is 0 Å². The Kier molecular flexibility index (Phi) is 1.63. The summed E-state index contributed by atoms with van der Waals surface area (Å²) in [6.07, 6.45) is 1.89. The maximum atomic E-state index is 7.28. The van der Waals surface area contributed by atoms with Crippen molar-refractivity contribution < 1.29 is 0 Å². The van der Waals surface area contributed by atoms with Crippen molar-refractivity contribution in [2.24, 2.45) is 0 Å². The molecule has 8 heavy (non-hydrogen) atoms. The summed E-state index contributed by atoms with van der Waals surface area (Å²) < 4.78 is 0. The minimum atomic E-state index is 0.538. The van der Waals surface area contributed by atoms with E-state index >= 15 is 0 Å². The van der Waals surface area contributed by atoms with E-state index < -0.39 is 0 Å². The van der Waals surface area contributed by atoms with Crippen LogP contribution in [0.15, 0.2) is 0 Å². The van der Waals surface area contributed by atoms with Crippen molar-refractivity contribution in [3.8, 4) is 0 Å². The van der Waals surface area contributed by atoms with Gasteiger partial charge in [0.2, 0.25) is 0 Å².